The van der Waals surface area contributed by atoms with Crippen molar-refractivity contribution in [2.45, 2.75) is 6.92 Å². The molecule has 0 bridgehead atoms. The molecule has 0 saturated carbocycles. The van der Waals surface area contributed by atoms with E-state index in [1.54, 1.807) is 19.5 Å². The van der Waals surface area contributed by atoms with Gasteiger partial charge in [-0.2, -0.15) is 0 Å². The van der Waals surface area contributed by atoms with E-state index in [2.05, 4.69) is 11.1 Å². The van der Waals surface area contributed by atoms with E-state index in [4.69, 9.17) is 10.5 Å². The van der Waals surface area contributed by atoms with Crippen molar-refractivity contribution in [3.8, 4) is 16.9 Å². The van der Waals surface area contributed by atoms with Crippen LogP contribution in [0, 0.1) is 6.92 Å². The number of benzene rings is 1. The van der Waals surface area contributed by atoms with Crippen molar-refractivity contribution < 1.29 is 4.74 Å². The van der Waals surface area contributed by atoms with E-state index in [0.717, 1.165) is 16.9 Å². The first-order valence-electron chi connectivity index (χ1n) is 5.06. The number of ether oxygens (including phenoxy) is 1. The van der Waals surface area contributed by atoms with Gasteiger partial charge < -0.3 is 10.5 Å². The van der Waals surface area contributed by atoms with Gasteiger partial charge in [-0.15, -0.1) is 0 Å². The highest BCUT2D eigenvalue weighted by atomic mass is 16.5. The molecule has 0 aliphatic heterocycles. The summed E-state index contributed by atoms with van der Waals surface area (Å²) in [4.78, 5) is 4.09. The van der Waals surface area contributed by atoms with Gasteiger partial charge in [0.2, 0.25) is 0 Å². The van der Waals surface area contributed by atoms with Crippen LogP contribution in [0.15, 0.2) is 36.7 Å². The summed E-state index contributed by atoms with van der Waals surface area (Å²) >= 11 is 0. The quantitative estimate of drug-likeness (QED) is 0.836. The van der Waals surface area contributed by atoms with Gasteiger partial charge in [0.25, 0.3) is 0 Å². The van der Waals surface area contributed by atoms with Crippen LogP contribution in [0.3, 0.4) is 0 Å². The average molecular weight is 214 g/mol. The maximum absolute atomic E-state index is 5.72. The van der Waals surface area contributed by atoms with Gasteiger partial charge in [0.15, 0.2) is 0 Å². The zero-order valence-electron chi connectivity index (χ0n) is 9.40. The van der Waals surface area contributed by atoms with E-state index in [1.807, 2.05) is 25.1 Å². The highest BCUT2D eigenvalue weighted by Crippen LogP contribution is 2.30. The van der Waals surface area contributed by atoms with Crippen LogP contribution < -0.4 is 10.5 Å². The summed E-state index contributed by atoms with van der Waals surface area (Å²) in [6, 6.07) is 7.93. The fraction of sp³-hybridized carbons (Fsp3) is 0.154. The van der Waals surface area contributed by atoms with E-state index in [-0.39, 0.29) is 0 Å². The van der Waals surface area contributed by atoms with Crippen molar-refractivity contribution in [3.63, 3.8) is 0 Å². The molecule has 0 fully saturated rings. The molecule has 1 aromatic carbocycles. The van der Waals surface area contributed by atoms with Crippen LogP contribution >= 0.6 is 0 Å². The second kappa shape index (κ2) is 4.23. The molecule has 0 unspecified atom stereocenters. The molecule has 0 radical (unpaired) electrons. The van der Waals surface area contributed by atoms with Gasteiger partial charge in [-0.1, -0.05) is 11.6 Å². The van der Waals surface area contributed by atoms with Gasteiger partial charge in [0, 0.05) is 23.5 Å². The second-order valence-electron chi connectivity index (χ2n) is 3.71. The standard InChI is InChI=1S/C13H14N2O/c1-9-3-4-13(16-2)12(5-9)10-6-11(14)8-15-7-10/h3-8H,14H2,1-2H3. The highest BCUT2D eigenvalue weighted by molar-refractivity contribution is 5.72. The maximum atomic E-state index is 5.72. The Balaban J connectivity index is 2.58. The summed E-state index contributed by atoms with van der Waals surface area (Å²) in [6.07, 6.45) is 3.42. The molecule has 0 saturated heterocycles. The number of methoxy groups -OCH3 is 1. The summed E-state index contributed by atoms with van der Waals surface area (Å²) < 4.78 is 5.33. The van der Waals surface area contributed by atoms with Crippen molar-refractivity contribution in [2.24, 2.45) is 0 Å². The van der Waals surface area contributed by atoms with Crippen molar-refractivity contribution in [1.29, 1.82) is 0 Å². The minimum atomic E-state index is 0.654. The molecule has 82 valence electrons. The number of aromatic nitrogens is 1. The molecule has 2 rings (SSSR count). The van der Waals surface area contributed by atoms with E-state index in [9.17, 15) is 0 Å². The number of anilines is 1. The third kappa shape index (κ3) is 1.98. The lowest BCUT2D eigenvalue weighted by Gasteiger charge is -2.09. The molecule has 0 aliphatic carbocycles. The maximum Gasteiger partial charge on any atom is 0.126 e. The first kappa shape index (κ1) is 10.5. The second-order valence-corrected chi connectivity index (χ2v) is 3.71. The molecule has 3 heteroatoms. The van der Waals surface area contributed by atoms with Crippen LogP contribution in [-0.4, -0.2) is 12.1 Å². The molecule has 0 aliphatic rings. The Morgan fingerprint density at radius 1 is 1.19 bits per heavy atom. The normalized spacial score (nSPS) is 10.1. The Morgan fingerprint density at radius 2 is 2.00 bits per heavy atom. The lowest BCUT2D eigenvalue weighted by molar-refractivity contribution is 0.416. The van der Waals surface area contributed by atoms with Crippen LogP contribution in [0.25, 0.3) is 11.1 Å². The van der Waals surface area contributed by atoms with Crippen molar-refractivity contribution in [2.75, 3.05) is 12.8 Å². The Bertz CT molecular complexity index is 509. The summed E-state index contributed by atoms with van der Waals surface area (Å²) in [5.74, 6) is 0.831. The number of aryl methyl sites for hydroxylation is 1. The van der Waals surface area contributed by atoms with Crippen LogP contribution in [0.4, 0.5) is 5.69 Å². The van der Waals surface area contributed by atoms with Gasteiger partial charge in [-0.25, -0.2) is 0 Å². The molecule has 2 aromatic rings. The summed E-state index contributed by atoms with van der Waals surface area (Å²) in [5, 5.41) is 0. The third-order valence-electron chi connectivity index (χ3n) is 2.43. The Kier molecular flexibility index (Phi) is 2.77. The molecule has 0 amide bonds. The van der Waals surface area contributed by atoms with Crippen molar-refractivity contribution >= 4 is 5.69 Å². The van der Waals surface area contributed by atoms with Gasteiger partial charge >= 0.3 is 0 Å². The van der Waals surface area contributed by atoms with Crippen LogP contribution in [0.5, 0.6) is 5.75 Å². The van der Waals surface area contributed by atoms with Crippen LogP contribution in [-0.2, 0) is 0 Å². The van der Waals surface area contributed by atoms with Crippen molar-refractivity contribution in [3.05, 3.63) is 42.2 Å². The van der Waals surface area contributed by atoms with Gasteiger partial charge in [0.05, 0.1) is 12.8 Å². The monoisotopic (exact) mass is 214 g/mol. The molecule has 0 atom stereocenters. The lowest BCUT2D eigenvalue weighted by atomic mass is 10.0. The minimum Gasteiger partial charge on any atom is -0.496 e. The van der Waals surface area contributed by atoms with Crippen LogP contribution in [0.2, 0.25) is 0 Å². The average Bonchev–Trinajstić information content (AvgIpc) is 2.29. The predicted octanol–water partition coefficient (Wildman–Crippen LogP) is 2.65. The lowest BCUT2D eigenvalue weighted by Crippen LogP contribution is -1.91. The number of nitrogens with zero attached hydrogens (tertiary/aromatic N) is 1. The van der Waals surface area contributed by atoms with E-state index >= 15 is 0 Å². The van der Waals surface area contributed by atoms with Gasteiger partial charge in [-0.05, 0) is 25.1 Å². The predicted molar refractivity (Wildman–Crippen MR) is 65.4 cm³/mol. The third-order valence-corrected chi connectivity index (χ3v) is 2.43. The van der Waals surface area contributed by atoms with Gasteiger partial charge in [0.1, 0.15) is 5.75 Å². The molecule has 0 spiro atoms. The first-order chi connectivity index (χ1) is 7.70. The van der Waals surface area contributed by atoms with Gasteiger partial charge in [-0.3, -0.25) is 4.98 Å². The van der Waals surface area contributed by atoms with E-state index in [1.165, 1.54) is 5.56 Å². The first-order valence-corrected chi connectivity index (χ1v) is 5.06. The molecular formula is C13H14N2O. The Labute approximate surface area is 94.9 Å². The molecule has 2 N–H and O–H groups in total. The fourth-order valence-electron chi connectivity index (χ4n) is 1.65. The highest BCUT2D eigenvalue weighted by Gasteiger charge is 2.06. The topological polar surface area (TPSA) is 48.1 Å². The molecule has 3 nitrogen and oxygen atoms in total. The molecule has 1 aromatic heterocycles. The van der Waals surface area contributed by atoms with E-state index in [0.29, 0.717) is 5.69 Å². The largest absolute Gasteiger partial charge is 0.496 e. The smallest absolute Gasteiger partial charge is 0.126 e. The van der Waals surface area contributed by atoms with Crippen molar-refractivity contribution in [1.82, 2.24) is 4.98 Å². The minimum absolute atomic E-state index is 0.654. The number of rotatable bonds is 2. The molecule has 1 heterocycles. The number of hydrogen-bond donors (Lipinski definition) is 1. The Morgan fingerprint density at radius 3 is 2.69 bits per heavy atom. The zero-order chi connectivity index (χ0) is 11.5. The number of nitrogen functional groups attached to an aromatic ring is 1. The zero-order valence-corrected chi connectivity index (χ0v) is 9.40. The molecule has 16 heavy (non-hydrogen) atoms. The number of nitrogens with two attached hydrogens (primary N) is 1. The Hall–Kier alpha value is -2.03. The number of pyridine rings is 1. The molecular weight excluding hydrogens is 200 g/mol. The SMILES string of the molecule is COc1ccc(C)cc1-c1cncc(N)c1. The number of hydrogen-bond acceptors (Lipinski definition) is 3. The fourth-order valence-corrected chi connectivity index (χ4v) is 1.65. The summed E-state index contributed by atoms with van der Waals surface area (Å²) in [6.45, 7) is 2.04. The summed E-state index contributed by atoms with van der Waals surface area (Å²) in [7, 11) is 1.66. The van der Waals surface area contributed by atoms with Crippen LogP contribution in [0.1, 0.15) is 5.56 Å². The van der Waals surface area contributed by atoms with E-state index < -0.39 is 0 Å². The summed E-state index contributed by atoms with van der Waals surface area (Å²) in [5.41, 5.74) is 9.54.